The third-order valence-electron chi connectivity index (χ3n) is 4.89. The Balaban J connectivity index is 1.63. The van der Waals surface area contributed by atoms with Gasteiger partial charge in [0.15, 0.2) is 0 Å². The Morgan fingerprint density at radius 3 is 2.51 bits per heavy atom. The van der Waals surface area contributed by atoms with Gasteiger partial charge in [0.05, 0.1) is 24.4 Å². The van der Waals surface area contributed by atoms with Gasteiger partial charge < -0.3 is 15.6 Å². The number of benzene rings is 2. The van der Waals surface area contributed by atoms with Crippen LogP contribution in [0.2, 0.25) is 5.02 Å². The Kier molecular flexibility index (Phi) is 7.86. The van der Waals surface area contributed by atoms with Crippen molar-refractivity contribution >= 4 is 46.2 Å². The molecule has 0 amide bonds. The highest BCUT2D eigenvalue weighted by molar-refractivity contribution is 7.98. The molecule has 0 aliphatic rings. The summed E-state index contributed by atoms with van der Waals surface area (Å²) in [5, 5.41) is 22.9. The van der Waals surface area contributed by atoms with Crippen molar-refractivity contribution in [3.8, 4) is 33.5 Å². The molecule has 2 aromatic heterocycles. The van der Waals surface area contributed by atoms with E-state index in [1.54, 1.807) is 24.3 Å². The molecule has 0 bridgehead atoms. The molecule has 174 valence electrons. The average Bonchev–Trinajstić information content (AvgIpc) is 3.35. The SMILES string of the molecule is [C-]#[N+]c1c(N)nc(SCc2csc(-c3ccc(Cl)cc3)n2)c(C#N)c1-c1ccc(OCCO)cc1. The van der Waals surface area contributed by atoms with Gasteiger partial charge in [-0.05, 0) is 29.8 Å². The monoisotopic (exact) mass is 519 g/mol. The van der Waals surface area contributed by atoms with Crippen molar-refractivity contribution in [2.75, 3.05) is 18.9 Å². The number of nitriles is 1. The first kappa shape index (κ1) is 24.5. The molecule has 0 unspecified atom stereocenters. The second-order valence-electron chi connectivity index (χ2n) is 7.16. The third-order valence-corrected chi connectivity index (χ3v) is 7.09. The number of rotatable bonds is 8. The lowest BCUT2D eigenvalue weighted by atomic mass is 10.00. The van der Waals surface area contributed by atoms with E-state index in [1.807, 2.05) is 29.6 Å². The molecule has 0 fully saturated rings. The number of hydrogen-bond acceptors (Lipinski definition) is 8. The number of aromatic nitrogens is 2. The summed E-state index contributed by atoms with van der Waals surface area (Å²) in [5.41, 5.74) is 9.45. The van der Waals surface area contributed by atoms with Crippen LogP contribution in [0, 0.1) is 17.9 Å². The number of nitrogens with zero attached hydrogens (tertiary/aromatic N) is 4. The van der Waals surface area contributed by atoms with Gasteiger partial charge in [0.2, 0.25) is 5.69 Å². The average molecular weight is 520 g/mol. The molecule has 10 heteroatoms. The summed E-state index contributed by atoms with van der Waals surface area (Å²) >= 11 is 8.84. The lowest BCUT2D eigenvalue weighted by molar-refractivity contribution is 0.201. The number of nitrogens with two attached hydrogens (primary N) is 1. The van der Waals surface area contributed by atoms with Gasteiger partial charge in [-0.25, -0.2) is 14.8 Å². The van der Waals surface area contributed by atoms with Crippen molar-refractivity contribution in [1.82, 2.24) is 9.97 Å². The van der Waals surface area contributed by atoms with E-state index in [2.05, 4.69) is 20.9 Å². The molecule has 0 aliphatic carbocycles. The van der Waals surface area contributed by atoms with E-state index in [1.165, 1.54) is 23.1 Å². The van der Waals surface area contributed by atoms with Crippen LogP contribution in [0.1, 0.15) is 11.3 Å². The van der Waals surface area contributed by atoms with Gasteiger partial charge in [-0.2, -0.15) is 5.26 Å². The summed E-state index contributed by atoms with van der Waals surface area (Å²) in [6.45, 7) is 7.69. The van der Waals surface area contributed by atoms with Crippen molar-refractivity contribution in [2.45, 2.75) is 10.8 Å². The van der Waals surface area contributed by atoms with Gasteiger partial charge in [0.25, 0.3) is 0 Å². The molecular weight excluding hydrogens is 502 g/mol. The van der Waals surface area contributed by atoms with E-state index >= 15 is 0 Å². The number of aliphatic hydroxyl groups excluding tert-OH is 1. The van der Waals surface area contributed by atoms with Crippen molar-refractivity contribution in [2.24, 2.45) is 0 Å². The van der Waals surface area contributed by atoms with Crippen molar-refractivity contribution in [3.05, 3.63) is 81.6 Å². The number of ether oxygens (including phenoxy) is 1. The van der Waals surface area contributed by atoms with Crippen LogP contribution in [0.25, 0.3) is 26.5 Å². The second kappa shape index (κ2) is 11.2. The first-order chi connectivity index (χ1) is 17.0. The molecule has 0 saturated heterocycles. The maximum Gasteiger partial charge on any atom is 0.236 e. The molecule has 0 aliphatic heterocycles. The smallest absolute Gasteiger partial charge is 0.236 e. The topological polar surface area (TPSA) is 109 Å². The Bertz CT molecular complexity index is 1420. The molecule has 0 spiro atoms. The lowest BCUT2D eigenvalue weighted by Gasteiger charge is -2.13. The Morgan fingerprint density at radius 1 is 1.14 bits per heavy atom. The second-order valence-corrected chi connectivity index (χ2v) is 9.42. The molecule has 2 heterocycles. The van der Waals surface area contributed by atoms with Crippen LogP contribution in [0.4, 0.5) is 11.5 Å². The Labute approximate surface area is 215 Å². The molecule has 2 aromatic carbocycles. The lowest BCUT2D eigenvalue weighted by Crippen LogP contribution is -2.02. The van der Waals surface area contributed by atoms with Crippen molar-refractivity contribution in [1.29, 1.82) is 5.26 Å². The van der Waals surface area contributed by atoms with Gasteiger partial charge in [0, 0.05) is 27.3 Å². The number of nitrogen functional groups attached to an aromatic ring is 1. The first-order valence-corrected chi connectivity index (χ1v) is 12.6. The number of pyridine rings is 1. The van der Waals surface area contributed by atoms with E-state index in [0.717, 1.165) is 16.3 Å². The number of anilines is 1. The van der Waals surface area contributed by atoms with Crippen LogP contribution >= 0.6 is 34.7 Å². The summed E-state index contributed by atoms with van der Waals surface area (Å²) in [5.74, 6) is 1.12. The minimum atomic E-state index is -0.0934. The van der Waals surface area contributed by atoms with E-state index < -0.39 is 0 Å². The summed E-state index contributed by atoms with van der Waals surface area (Å²) in [6, 6.07) is 16.6. The summed E-state index contributed by atoms with van der Waals surface area (Å²) in [4.78, 5) is 12.6. The number of aliphatic hydroxyl groups is 1. The van der Waals surface area contributed by atoms with Crippen molar-refractivity contribution < 1.29 is 9.84 Å². The molecule has 3 N–H and O–H groups in total. The number of thiazole rings is 1. The third kappa shape index (κ3) is 5.56. The predicted molar refractivity (Wildman–Crippen MR) is 140 cm³/mol. The summed E-state index contributed by atoms with van der Waals surface area (Å²) in [6.07, 6.45) is 0. The molecule has 0 radical (unpaired) electrons. The fraction of sp³-hybridized carbons (Fsp3) is 0.120. The van der Waals surface area contributed by atoms with Crippen molar-refractivity contribution in [3.63, 3.8) is 0 Å². The Hall–Kier alpha value is -3.60. The minimum absolute atomic E-state index is 0.0669. The highest BCUT2D eigenvalue weighted by Crippen LogP contribution is 2.42. The Morgan fingerprint density at radius 2 is 1.86 bits per heavy atom. The first-order valence-electron chi connectivity index (χ1n) is 10.3. The van der Waals surface area contributed by atoms with Crippen LogP contribution in [-0.4, -0.2) is 28.3 Å². The maximum atomic E-state index is 9.99. The van der Waals surface area contributed by atoms with Gasteiger partial charge in [-0.3, -0.25) is 0 Å². The van der Waals surface area contributed by atoms with Gasteiger partial charge in [-0.1, -0.05) is 47.6 Å². The number of halogens is 1. The summed E-state index contributed by atoms with van der Waals surface area (Å²) in [7, 11) is 0. The van der Waals surface area contributed by atoms with Gasteiger partial charge in [0.1, 0.15) is 34.3 Å². The molecule has 4 aromatic rings. The zero-order chi connectivity index (χ0) is 24.8. The van der Waals surface area contributed by atoms with Gasteiger partial charge >= 0.3 is 0 Å². The molecule has 0 saturated carbocycles. The molecule has 4 rings (SSSR count). The highest BCUT2D eigenvalue weighted by Gasteiger charge is 2.21. The van der Waals surface area contributed by atoms with Crippen LogP contribution < -0.4 is 10.5 Å². The zero-order valence-corrected chi connectivity index (χ0v) is 20.6. The van der Waals surface area contributed by atoms with Crippen LogP contribution in [0.15, 0.2) is 58.9 Å². The zero-order valence-electron chi connectivity index (χ0n) is 18.2. The normalized spacial score (nSPS) is 10.5. The van der Waals surface area contributed by atoms with Crippen LogP contribution in [0.5, 0.6) is 5.75 Å². The molecule has 0 atom stereocenters. The van der Waals surface area contributed by atoms with E-state index in [9.17, 15) is 5.26 Å². The fourth-order valence-corrected chi connectivity index (χ4v) is 5.24. The minimum Gasteiger partial charge on any atom is -0.491 e. The van der Waals surface area contributed by atoms with Crippen LogP contribution in [-0.2, 0) is 5.75 Å². The van der Waals surface area contributed by atoms with E-state index in [0.29, 0.717) is 32.7 Å². The maximum absolute atomic E-state index is 9.99. The van der Waals surface area contributed by atoms with E-state index in [4.69, 9.17) is 33.8 Å². The predicted octanol–water partition coefficient (Wildman–Crippen LogP) is 6.19. The van der Waals surface area contributed by atoms with Crippen LogP contribution in [0.3, 0.4) is 0 Å². The molecule has 35 heavy (non-hydrogen) atoms. The van der Waals surface area contributed by atoms with Gasteiger partial charge in [-0.15, -0.1) is 11.3 Å². The molecule has 7 nitrogen and oxygen atoms in total. The van der Waals surface area contributed by atoms with E-state index in [-0.39, 0.29) is 30.3 Å². The standard InChI is InChI=1S/C25H18ClN5O2S2/c1-29-22-21(15-4-8-19(9-5-15)33-11-10-32)20(12-27)25(31-23(22)28)35-14-18-13-34-24(30-18)16-2-6-17(26)7-3-16/h2-9,13,32H,10-11,14H2,(H2,28,31). The fourth-order valence-electron chi connectivity index (χ4n) is 3.30. The largest absolute Gasteiger partial charge is 0.491 e. The molecular formula is C25H18ClN5O2S2. The summed E-state index contributed by atoms with van der Waals surface area (Å²) < 4.78 is 5.40. The number of thioether (sulfide) groups is 1. The quantitative estimate of drug-likeness (QED) is 0.211. The number of hydrogen-bond donors (Lipinski definition) is 2. The highest BCUT2D eigenvalue weighted by atomic mass is 35.5.